The van der Waals surface area contributed by atoms with E-state index in [1.54, 1.807) is 0 Å². The van der Waals surface area contributed by atoms with E-state index in [2.05, 4.69) is 22.7 Å². The van der Waals surface area contributed by atoms with Crippen LogP contribution in [0.3, 0.4) is 0 Å². The zero-order valence-electron chi connectivity index (χ0n) is 6.50. The summed E-state index contributed by atoms with van der Waals surface area (Å²) in [7, 11) is 0. The quantitative estimate of drug-likeness (QED) is 0.705. The zero-order chi connectivity index (χ0) is 8.39. The second-order valence-electron chi connectivity index (χ2n) is 2.78. The van der Waals surface area contributed by atoms with Gasteiger partial charge in [-0.2, -0.15) is 5.10 Å². The molecule has 62 valence electrons. The summed E-state index contributed by atoms with van der Waals surface area (Å²) in [6, 6.07) is 10.4. The van der Waals surface area contributed by atoms with E-state index in [0.29, 0.717) is 5.17 Å². The summed E-state index contributed by atoms with van der Waals surface area (Å²) in [5, 5.41) is 4.58. The van der Waals surface area contributed by atoms with Crippen LogP contribution < -0.4 is 5.43 Å². The molecule has 0 bridgehead atoms. The summed E-state index contributed by atoms with van der Waals surface area (Å²) < 4.78 is 0. The van der Waals surface area contributed by atoms with E-state index in [4.69, 9.17) is 11.6 Å². The number of nitrogens with one attached hydrogen (secondary N) is 1. The Morgan fingerprint density at radius 2 is 2.08 bits per heavy atom. The minimum Gasteiger partial charge on any atom is -0.301 e. The number of hydrazone groups is 1. The van der Waals surface area contributed by atoms with Crippen LogP contribution >= 0.6 is 11.6 Å². The van der Waals surface area contributed by atoms with Gasteiger partial charge in [0, 0.05) is 6.42 Å². The molecule has 1 heterocycles. The topological polar surface area (TPSA) is 24.4 Å². The summed E-state index contributed by atoms with van der Waals surface area (Å²) in [5.74, 6) is 0. The predicted molar refractivity (Wildman–Crippen MR) is 50.2 cm³/mol. The molecular formula is C9H9ClN2. The van der Waals surface area contributed by atoms with Crippen LogP contribution in [0.25, 0.3) is 0 Å². The molecule has 2 nitrogen and oxygen atoms in total. The van der Waals surface area contributed by atoms with Gasteiger partial charge in [0.15, 0.2) is 0 Å². The Bertz CT molecular complexity index is 295. The molecule has 0 fully saturated rings. The van der Waals surface area contributed by atoms with Crippen LogP contribution in [0.1, 0.15) is 18.0 Å². The Hall–Kier alpha value is -1.02. The molecule has 1 aromatic rings. The number of hydrogen-bond donors (Lipinski definition) is 1. The molecule has 0 aromatic heterocycles. The number of hydrogen-bond acceptors (Lipinski definition) is 2. The molecule has 0 saturated heterocycles. The Morgan fingerprint density at radius 3 is 2.67 bits per heavy atom. The van der Waals surface area contributed by atoms with E-state index in [-0.39, 0.29) is 6.04 Å². The average Bonchev–Trinajstić information content (AvgIpc) is 2.54. The van der Waals surface area contributed by atoms with E-state index in [1.165, 1.54) is 5.56 Å². The summed E-state index contributed by atoms with van der Waals surface area (Å²) in [5.41, 5.74) is 4.21. The molecule has 3 heteroatoms. The fourth-order valence-corrected chi connectivity index (χ4v) is 1.49. The van der Waals surface area contributed by atoms with Gasteiger partial charge in [0.25, 0.3) is 0 Å². The van der Waals surface area contributed by atoms with E-state index < -0.39 is 0 Å². The van der Waals surface area contributed by atoms with Crippen molar-refractivity contribution in [2.75, 3.05) is 0 Å². The first-order valence-electron chi connectivity index (χ1n) is 3.89. The molecular weight excluding hydrogens is 172 g/mol. The number of nitrogens with zero attached hydrogens (tertiary/aromatic N) is 1. The number of rotatable bonds is 1. The van der Waals surface area contributed by atoms with Crippen LogP contribution in [-0.2, 0) is 0 Å². The van der Waals surface area contributed by atoms with Crippen molar-refractivity contribution >= 4 is 16.8 Å². The van der Waals surface area contributed by atoms with Gasteiger partial charge in [-0.25, -0.2) is 0 Å². The molecule has 2 rings (SSSR count). The third-order valence-electron chi connectivity index (χ3n) is 1.92. The van der Waals surface area contributed by atoms with Gasteiger partial charge in [-0.3, -0.25) is 0 Å². The second kappa shape index (κ2) is 3.15. The highest BCUT2D eigenvalue weighted by Gasteiger charge is 2.17. The van der Waals surface area contributed by atoms with Crippen LogP contribution in [0.4, 0.5) is 0 Å². The fourth-order valence-electron chi connectivity index (χ4n) is 1.29. The highest BCUT2D eigenvalue weighted by molar-refractivity contribution is 6.65. The van der Waals surface area contributed by atoms with Gasteiger partial charge >= 0.3 is 0 Å². The molecule has 1 N–H and O–H groups in total. The van der Waals surface area contributed by atoms with Crippen molar-refractivity contribution in [3.8, 4) is 0 Å². The molecule has 12 heavy (non-hydrogen) atoms. The standard InChI is InChI=1S/C9H9ClN2/c10-9-6-8(11-12-9)7-4-2-1-3-5-7/h1-5,8,11H,6H2. The van der Waals surface area contributed by atoms with Crippen molar-refractivity contribution in [2.24, 2.45) is 5.10 Å². The van der Waals surface area contributed by atoms with E-state index >= 15 is 0 Å². The average molecular weight is 181 g/mol. The molecule has 0 aliphatic carbocycles. The van der Waals surface area contributed by atoms with E-state index in [0.717, 1.165) is 6.42 Å². The molecule has 0 saturated carbocycles. The Kier molecular flexibility index (Phi) is 2.00. The number of halogens is 1. The van der Waals surface area contributed by atoms with Gasteiger partial charge in [0.1, 0.15) is 5.17 Å². The van der Waals surface area contributed by atoms with Crippen molar-refractivity contribution in [1.82, 2.24) is 5.43 Å². The maximum Gasteiger partial charge on any atom is 0.128 e. The van der Waals surface area contributed by atoms with Crippen molar-refractivity contribution in [3.63, 3.8) is 0 Å². The lowest BCUT2D eigenvalue weighted by Gasteiger charge is -2.08. The van der Waals surface area contributed by atoms with Gasteiger partial charge in [-0.05, 0) is 5.56 Å². The smallest absolute Gasteiger partial charge is 0.128 e. The third-order valence-corrected chi connectivity index (χ3v) is 2.16. The van der Waals surface area contributed by atoms with Crippen LogP contribution in [0.2, 0.25) is 0 Å². The molecule has 1 unspecified atom stereocenters. The Morgan fingerprint density at radius 1 is 1.33 bits per heavy atom. The Balaban J connectivity index is 2.14. The largest absolute Gasteiger partial charge is 0.301 e. The van der Waals surface area contributed by atoms with Crippen molar-refractivity contribution in [2.45, 2.75) is 12.5 Å². The minimum atomic E-state index is 0.263. The molecule has 1 aromatic carbocycles. The fraction of sp³-hybridized carbons (Fsp3) is 0.222. The van der Waals surface area contributed by atoms with Crippen LogP contribution in [-0.4, -0.2) is 5.17 Å². The van der Waals surface area contributed by atoms with Gasteiger partial charge in [-0.15, -0.1) is 0 Å². The van der Waals surface area contributed by atoms with Gasteiger partial charge in [0.2, 0.25) is 0 Å². The Labute approximate surface area is 76.2 Å². The summed E-state index contributed by atoms with van der Waals surface area (Å²) in [4.78, 5) is 0. The minimum absolute atomic E-state index is 0.263. The maximum absolute atomic E-state index is 5.74. The van der Waals surface area contributed by atoms with Crippen LogP contribution in [0, 0.1) is 0 Å². The maximum atomic E-state index is 5.74. The van der Waals surface area contributed by atoms with Gasteiger partial charge in [0.05, 0.1) is 6.04 Å². The lowest BCUT2D eigenvalue weighted by molar-refractivity contribution is 0.620. The third kappa shape index (κ3) is 1.43. The normalized spacial score (nSPS) is 21.8. The zero-order valence-corrected chi connectivity index (χ0v) is 7.25. The molecule has 0 radical (unpaired) electrons. The predicted octanol–water partition coefficient (Wildman–Crippen LogP) is 2.27. The first-order chi connectivity index (χ1) is 5.86. The molecule has 1 aliphatic rings. The number of benzene rings is 1. The lowest BCUT2D eigenvalue weighted by atomic mass is 10.1. The van der Waals surface area contributed by atoms with Crippen molar-refractivity contribution in [3.05, 3.63) is 35.9 Å². The molecule has 1 atom stereocenters. The van der Waals surface area contributed by atoms with Crippen LogP contribution in [0.5, 0.6) is 0 Å². The van der Waals surface area contributed by atoms with Crippen molar-refractivity contribution < 1.29 is 0 Å². The van der Waals surface area contributed by atoms with E-state index in [1.807, 2.05) is 18.2 Å². The lowest BCUT2D eigenvalue weighted by Crippen LogP contribution is -2.08. The monoisotopic (exact) mass is 180 g/mol. The first kappa shape index (κ1) is 7.62. The van der Waals surface area contributed by atoms with Crippen molar-refractivity contribution in [1.29, 1.82) is 0 Å². The molecule has 0 spiro atoms. The second-order valence-corrected chi connectivity index (χ2v) is 3.22. The highest BCUT2D eigenvalue weighted by atomic mass is 35.5. The van der Waals surface area contributed by atoms with Gasteiger partial charge in [-0.1, -0.05) is 41.9 Å². The van der Waals surface area contributed by atoms with E-state index in [9.17, 15) is 0 Å². The highest BCUT2D eigenvalue weighted by Crippen LogP contribution is 2.22. The summed E-state index contributed by atoms with van der Waals surface area (Å²) >= 11 is 5.74. The summed E-state index contributed by atoms with van der Waals surface area (Å²) in [6.07, 6.45) is 0.797. The molecule has 0 amide bonds. The SMILES string of the molecule is ClC1=NNC(c2ccccc2)C1. The van der Waals surface area contributed by atoms with Crippen LogP contribution in [0.15, 0.2) is 35.4 Å². The first-order valence-corrected chi connectivity index (χ1v) is 4.26. The summed E-state index contributed by atoms with van der Waals surface area (Å²) in [6.45, 7) is 0. The molecule has 1 aliphatic heterocycles. The van der Waals surface area contributed by atoms with Gasteiger partial charge < -0.3 is 5.43 Å².